The van der Waals surface area contributed by atoms with Crippen LogP contribution in [0.3, 0.4) is 0 Å². The van der Waals surface area contributed by atoms with Crippen molar-refractivity contribution < 1.29 is 19.3 Å². The summed E-state index contributed by atoms with van der Waals surface area (Å²) in [6.07, 6.45) is 0. The Hall–Kier alpha value is -2.83. The molecule has 0 unspecified atom stereocenters. The molecule has 6 nitrogen and oxygen atoms in total. The minimum Gasteiger partial charge on any atom is -0.496 e. The lowest BCUT2D eigenvalue weighted by Gasteiger charge is -2.30. The van der Waals surface area contributed by atoms with Crippen LogP contribution in [-0.2, 0) is 13.1 Å². The zero-order valence-corrected chi connectivity index (χ0v) is 18.0. The highest BCUT2D eigenvalue weighted by Crippen LogP contribution is 2.30. The molecular weight excluding hydrogens is 378 g/mol. The van der Waals surface area contributed by atoms with Gasteiger partial charge in [0.2, 0.25) is 5.43 Å². The molecule has 0 saturated carbocycles. The van der Waals surface area contributed by atoms with Gasteiger partial charge in [0.15, 0.2) is 0 Å². The molecule has 4 rings (SSSR count). The van der Waals surface area contributed by atoms with Crippen LogP contribution in [-0.4, -0.2) is 45.4 Å². The smallest absolute Gasteiger partial charge is 0.202 e. The second kappa shape index (κ2) is 8.90. The molecule has 0 spiro atoms. The monoisotopic (exact) mass is 409 g/mol. The number of nitrogens with one attached hydrogen (secondary N) is 3. The van der Waals surface area contributed by atoms with E-state index >= 15 is 0 Å². The Balaban J connectivity index is 1.53. The molecule has 2 heterocycles. The summed E-state index contributed by atoms with van der Waals surface area (Å²) in [5, 5.41) is 0.574. The molecule has 0 radical (unpaired) electrons. The van der Waals surface area contributed by atoms with Gasteiger partial charge >= 0.3 is 0 Å². The fourth-order valence-electron chi connectivity index (χ4n) is 4.50. The number of hydrogen-bond donors (Lipinski definition) is 3. The predicted octanol–water partition coefficient (Wildman–Crippen LogP) is 0.337. The van der Waals surface area contributed by atoms with E-state index in [2.05, 4.69) is 35.3 Å². The van der Waals surface area contributed by atoms with Gasteiger partial charge in [-0.25, -0.2) is 0 Å². The van der Waals surface area contributed by atoms with Gasteiger partial charge in [0.1, 0.15) is 50.8 Å². The maximum absolute atomic E-state index is 13.4. The largest absolute Gasteiger partial charge is 0.496 e. The number of methoxy groups -OCH3 is 2. The van der Waals surface area contributed by atoms with Crippen molar-refractivity contribution in [2.24, 2.45) is 0 Å². The maximum Gasteiger partial charge on any atom is 0.202 e. The molecule has 0 amide bonds. The maximum atomic E-state index is 13.4. The molecule has 3 aromatic rings. The van der Waals surface area contributed by atoms with E-state index in [4.69, 9.17) is 9.47 Å². The normalized spacial score (nSPS) is 19.0. The SMILES string of the molecule is COc1ccc(OC)c2c(=O)c(C[NH+]3CC[NH+](Cc4ccccc4)CC3)c(C)[nH]c12. The van der Waals surface area contributed by atoms with Crippen LogP contribution in [0.25, 0.3) is 10.9 Å². The van der Waals surface area contributed by atoms with E-state index in [1.807, 2.05) is 13.0 Å². The third kappa shape index (κ3) is 4.06. The van der Waals surface area contributed by atoms with Gasteiger partial charge < -0.3 is 24.3 Å². The van der Waals surface area contributed by atoms with Gasteiger partial charge in [0.05, 0.1) is 30.7 Å². The summed E-state index contributed by atoms with van der Waals surface area (Å²) in [5.41, 5.74) is 3.89. The first-order valence-electron chi connectivity index (χ1n) is 10.6. The van der Waals surface area contributed by atoms with Crippen molar-refractivity contribution in [1.82, 2.24) is 4.98 Å². The van der Waals surface area contributed by atoms with Gasteiger partial charge in [0, 0.05) is 11.3 Å². The van der Waals surface area contributed by atoms with Crippen LogP contribution >= 0.6 is 0 Å². The lowest BCUT2D eigenvalue weighted by Crippen LogP contribution is -3.27. The molecular formula is C24H31N3O3+2. The number of ether oxygens (including phenoxy) is 2. The van der Waals surface area contributed by atoms with E-state index in [0.29, 0.717) is 22.4 Å². The molecule has 1 aliphatic rings. The molecule has 6 heteroatoms. The third-order valence-corrected chi connectivity index (χ3v) is 6.22. The van der Waals surface area contributed by atoms with Crippen molar-refractivity contribution in [2.75, 3.05) is 40.4 Å². The first kappa shape index (κ1) is 20.4. The lowest BCUT2D eigenvalue weighted by atomic mass is 10.1. The number of aromatic amines is 1. The predicted molar refractivity (Wildman–Crippen MR) is 118 cm³/mol. The van der Waals surface area contributed by atoms with Crippen molar-refractivity contribution in [3.8, 4) is 11.5 Å². The number of quaternary nitrogens is 2. The summed E-state index contributed by atoms with van der Waals surface area (Å²) in [6, 6.07) is 14.3. The summed E-state index contributed by atoms with van der Waals surface area (Å²) in [4.78, 5) is 19.9. The Kier molecular flexibility index (Phi) is 6.06. The minimum atomic E-state index is 0.0450. The van der Waals surface area contributed by atoms with E-state index in [9.17, 15) is 4.79 Å². The Labute approximate surface area is 177 Å². The number of aromatic nitrogens is 1. The minimum absolute atomic E-state index is 0.0450. The Morgan fingerprint density at radius 2 is 1.47 bits per heavy atom. The van der Waals surface area contributed by atoms with Crippen molar-refractivity contribution in [2.45, 2.75) is 20.0 Å². The molecule has 0 atom stereocenters. The van der Waals surface area contributed by atoms with Crippen LogP contribution in [0.1, 0.15) is 16.8 Å². The summed E-state index contributed by atoms with van der Waals surface area (Å²) < 4.78 is 10.9. The number of rotatable bonds is 6. The lowest BCUT2D eigenvalue weighted by molar-refractivity contribution is -1.02. The van der Waals surface area contributed by atoms with Crippen molar-refractivity contribution >= 4 is 10.9 Å². The van der Waals surface area contributed by atoms with Gasteiger partial charge in [-0.1, -0.05) is 30.3 Å². The first-order chi connectivity index (χ1) is 14.6. The third-order valence-electron chi connectivity index (χ3n) is 6.22. The fourth-order valence-corrected chi connectivity index (χ4v) is 4.50. The summed E-state index contributed by atoms with van der Waals surface area (Å²) in [6.45, 7) is 8.14. The number of fused-ring (bicyclic) bond motifs is 1. The summed E-state index contributed by atoms with van der Waals surface area (Å²) in [7, 11) is 3.21. The average Bonchev–Trinajstić information content (AvgIpc) is 2.77. The van der Waals surface area contributed by atoms with Crippen LogP contribution in [0.2, 0.25) is 0 Å². The van der Waals surface area contributed by atoms with Crippen LogP contribution in [0, 0.1) is 6.92 Å². The number of hydrogen-bond acceptors (Lipinski definition) is 3. The van der Waals surface area contributed by atoms with Crippen LogP contribution in [0.5, 0.6) is 11.5 Å². The molecule has 2 aromatic carbocycles. The molecule has 1 saturated heterocycles. The van der Waals surface area contributed by atoms with E-state index in [0.717, 1.165) is 50.5 Å². The van der Waals surface area contributed by atoms with Gasteiger partial charge in [-0.2, -0.15) is 0 Å². The van der Waals surface area contributed by atoms with Crippen LogP contribution in [0.4, 0.5) is 0 Å². The van der Waals surface area contributed by atoms with E-state index < -0.39 is 0 Å². The highest BCUT2D eigenvalue weighted by Gasteiger charge is 2.26. The summed E-state index contributed by atoms with van der Waals surface area (Å²) >= 11 is 0. The molecule has 1 fully saturated rings. The fraction of sp³-hybridized carbons (Fsp3) is 0.375. The van der Waals surface area contributed by atoms with Crippen LogP contribution in [0.15, 0.2) is 47.3 Å². The van der Waals surface area contributed by atoms with Gasteiger partial charge in [-0.15, -0.1) is 0 Å². The Morgan fingerprint density at radius 3 is 2.10 bits per heavy atom. The van der Waals surface area contributed by atoms with E-state index in [1.54, 1.807) is 25.2 Å². The molecule has 0 aliphatic carbocycles. The quantitative estimate of drug-likeness (QED) is 0.550. The molecule has 3 N–H and O–H groups in total. The standard InChI is InChI=1S/C24H29N3O3/c1-17-19(24(28)22-20(29-2)9-10-21(30-3)23(22)25-17)16-27-13-11-26(12-14-27)15-18-7-5-4-6-8-18/h4-10H,11-16H2,1-3H3,(H,25,28)/p+2. The van der Waals surface area contributed by atoms with Crippen molar-refractivity contribution in [3.63, 3.8) is 0 Å². The molecule has 1 aliphatic heterocycles. The second-order valence-electron chi connectivity index (χ2n) is 8.12. The Bertz CT molecular complexity index is 1070. The molecule has 0 bridgehead atoms. The number of piperazine rings is 1. The van der Waals surface area contributed by atoms with Crippen molar-refractivity contribution in [1.29, 1.82) is 0 Å². The average molecular weight is 410 g/mol. The molecule has 1 aromatic heterocycles. The molecule has 158 valence electrons. The van der Waals surface area contributed by atoms with E-state index in [-0.39, 0.29) is 5.43 Å². The second-order valence-corrected chi connectivity index (χ2v) is 8.12. The number of pyridine rings is 1. The number of aryl methyl sites for hydroxylation is 1. The zero-order chi connectivity index (χ0) is 21.1. The number of H-pyrrole nitrogens is 1. The van der Waals surface area contributed by atoms with Crippen LogP contribution < -0.4 is 24.7 Å². The van der Waals surface area contributed by atoms with Crippen molar-refractivity contribution in [3.05, 3.63) is 69.5 Å². The Morgan fingerprint density at radius 1 is 0.867 bits per heavy atom. The van der Waals surface area contributed by atoms with E-state index in [1.165, 1.54) is 10.5 Å². The summed E-state index contributed by atoms with van der Waals surface area (Å²) in [5.74, 6) is 1.24. The molecule has 30 heavy (non-hydrogen) atoms. The van der Waals surface area contributed by atoms with Gasteiger partial charge in [0.25, 0.3) is 0 Å². The first-order valence-corrected chi connectivity index (χ1v) is 10.6. The zero-order valence-electron chi connectivity index (χ0n) is 18.0. The van der Waals surface area contributed by atoms with Gasteiger partial charge in [-0.3, -0.25) is 4.79 Å². The topological polar surface area (TPSA) is 60.2 Å². The number of benzene rings is 2. The highest BCUT2D eigenvalue weighted by atomic mass is 16.5. The van der Waals surface area contributed by atoms with Gasteiger partial charge in [-0.05, 0) is 19.1 Å². The highest BCUT2D eigenvalue weighted by molar-refractivity contribution is 5.90.